The monoisotopic (exact) mass is 257 g/mol. The minimum atomic E-state index is -0.0199. The van der Waals surface area contributed by atoms with Crippen LogP contribution in [0.3, 0.4) is 0 Å². The van der Waals surface area contributed by atoms with Crippen LogP contribution < -0.4 is 10.9 Å². The normalized spacial score (nSPS) is 17.7. The minimum Gasteiger partial charge on any atom is -0.369 e. The van der Waals surface area contributed by atoms with Crippen LogP contribution in [0.15, 0.2) is 35.1 Å². The van der Waals surface area contributed by atoms with Crippen LogP contribution in [-0.2, 0) is 0 Å². The van der Waals surface area contributed by atoms with Crippen LogP contribution >= 0.6 is 0 Å². The molecular weight excluding hydrogens is 238 g/mol. The van der Waals surface area contributed by atoms with Gasteiger partial charge in [0, 0.05) is 11.4 Å². The molecule has 1 aliphatic rings. The van der Waals surface area contributed by atoms with Gasteiger partial charge in [-0.15, -0.1) is 0 Å². The molecule has 100 valence electrons. The summed E-state index contributed by atoms with van der Waals surface area (Å²) in [4.78, 5) is 17.3. The van der Waals surface area contributed by atoms with Crippen molar-refractivity contribution in [1.82, 2.24) is 9.88 Å². The van der Waals surface area contributed by atoms with Crippen LogP contribution in [0.1, 0.15) is 12.8 Å². The Morgan fingerprint density at radius 1 is 1.26 bits per heavy atom. The molecule has 0 radical (unpaired) electrons. The van der Waals surface area contributed by atoms with Gasteiger partial charge in [0.05, 0.1) is 0 Å². The number of fused-ring (bicyclic) bond motifs is 1. The highest BCUT2D eigenvalue weighted by molar-refractivity contribution is 5.83. The standard InChI is InChI=1S/C15H19N3O/c1-18-8-6-12(7-9-18)16-14-10-11-4-2-3-5-13(11)15(19)17-14/h2-5,10,12H,6-9H2,1H3,(H2,16,17,19). The Bertz CT molecular complexity index is 627. The van der Waals surface area contributed by atoms with Crippen molar-refractivity contribution >= 4 is 16.6 Å². The summed E-state index contributed by atoms with van der Waals surface area (Å²) in [6.07, 6.45) is 2.23. The van der Waals surface area contributed by atoms with Gasteiger partial charge in [0.2, 0.25) is 0 Å². The maximum absolute atomic E-state index is 12.0. The molecule has 4 nitrogen and oxygen atoms in total. The Kier molecular flexibility index (Phi) is 3.25. The van der Waals surface area contributed by atoms with Crippen molar-refractivity contribution in [3.63, 3.8) is 0 Å². The van der Waals surface area contributed by atoms with Crippen LogP contribution in [0.4, 0.5) is 5.82 Å². The fraction of sp³-hybridized carbons (Fsp3) is 0.400. The number of nitrogens with zero attached hydrogens (tertiary/aromatic N) is 1. The lowest BCUT2D eigenvalue weighted by molar-refractivity contribution is 0.263. The summed E-state index contributed by atoms with van der Waals surface area (Å²) in [5.74, 6) is 0.832. The van der Waals surface area contributed by atoms with Crippen LogP contribution in [-0.4, -0.2) is 36.1 Å². The third kappa shape index (κ3) is 2.63. The largest absolute Gasteiger partial charge is 0.369 e. The first kappa shape index (κ1) is 12.2. The fourth-order valence-corrected chi connectivity index (χ4v) is 2.66. The molecule has 1 aliphatic heterocycles. The van der Waals surface area contributed by atoms with Gasteiger partial charge in [-0.1, -0.05) is 18.2 Å². The van der Waals surface area contributed by atoms with E-state index in [0.717, 1.165) is 42.5 Å². The average Bonchev–Trinajstić information content (AvgIpc) is 2.42. The van der Waals surface area contributed by atoms with Crippen molar-refractivity contribution in [3.05, 3.63) is 40.7 Å². The first-order valence-corrected chi connectivity index (χ1v) is 6.79. The fourth-order valence-electron chi connectivity index (χ4n) is 2.66. The number of H-pyrrole nitrogens is 1. The molecule has 2 N–H and O–H groups in total. The smallest absolute Gasteiger partial charge is 0.257 e. The number of aromatic nitrogens is 1. The average molecular weight is 257 g/mol. The van der Waals surface area contributed by atoms with E-state index in [9.17, 15) is 4.79 Å². The Morgan fingerprint density at radius 3 is 2.79 bits per heavy atom. The molecule has 1 saturated heterocycles. The van der Waals surface area contributed by atoms with Gasteiger partial charge in [0.15, 0.2) is 0 Å². The van der Waals surface area contributed by atoms with Crippen LogP contribution in [0.5, 0.6) is 0 Å². The lowest BCUT2D eigenvalue weighted by Crippen LogP contribution is -2.37. The molecule has 1 aromatic carbocycles. The van der Waals surface area contributed by atoms with Gasteiger partial charge in [-0.2, -0.15) is 0 Å². The zero-order valence-corrected chi connectivity index (χ0v) is 11.1. The highest BCUT2D eigenvalue weighted by Gasteiger charge is 2.16. The first-order valence-electron chi connectivity index (χ1n) is 6.79. The van der Waals surface area contributed by atoms with Crippen molar-refractivity contribution in [1.29, 1.82) is 0 Å². The highest BCUT2D eigenvalue weighted by Crippen LogP contribution is 2.17. The molecule has 0 bridgehead atoms. The highest BCUT2D eigenvalue weighted by atomic mass is 16.1. The Labute approximate surface area is 112 Å². The molecule has 0 unspecified atom stereocenters. The summed E-state index contributed by atoms with van der Waals surface area (Å²) in [7, 11) is 2.15. The number of anilines is 1. The second-order valence-electron chi connectivity index (χ2n) is 5.32. The van der Waals surface area contributed by atoms with Crippen molar-refractivity contribution in [2.75, 3.05) is 25.5 Å². The van der Waals surface area contributed by atoms with Crippen molar-refractivity contribution in [2.45, 2.75) is 18.9 Å². The van der Waals surface area contributed by atoms with Crippen molar-refractivity contribution < 1.29 is 0 Å². The number of piperidine rings is 1. The molecule has 1 fully saturated rings. The van der Waals surface area contributed by atoms with E-state index < -0.39 is 0 Å². The van der Waals surface area contributed by atoms with Gasteiger partial charge in [-0.05, 0) is 50.5 Å². The first-order chi connectivity index (χ1) is 9.22. The zero-order chi connectivity index (χ0) is 13.2. The van der Waals surface area contributed by atoms with Gasteiger partial charge in [-0.3, -0.25) is 4.79 Å². The number of hydrogen-bond donors (Lipinski definition) is 2. The van der Waals surface area contributed by atoms with E-state index >= 15 is 0 Å². The van der Waals surface area contributed by atoms with Crippen molar-refractivity contribution in [3.8, 4) is 0 Å². The van der Waals surface area contributed by atoms with Gasteiger partial charge >= 0.3 is 0 Å². The summed E-state index contributed by atoms with van der Waals surface area (Å²) in [6.45, 7) is 2.21. The maximum atomic E-state index is 12.0. The lowest BCUT2D eigenvalue weighted by atomic mass is 10.1. The van der Waals surface area contributed by atoms with E-state index in [4.69, 9.17) is 0 Å². The topological polar surface area (TPSA) is 48.1 Å². The summed E-state index contributed by atoms with van der Waals surface area (Å²) in [6, 6.07) is 10.2. The van der Waals surface area contributed by atoms with Crippen LogP contribution in [0, 0.1) is 0 Å². The van der Waals surface area contributed by atoms with E-state index in [2.05, 4.69) is 22.2 Å². The molecule has 2 heterocycles. The number of nitrogens with one attached hydrogen (secondary N) is 2. The molecule has 3 rings (SSSR count). The van der Waals surface area contributed by atoms with Crippen molar-refractivity contribution in [2.24, 2.45) is 0 Å². The maximum Gasteiger partial charge on any atom is 0.257 e. The summed E-state index contributed by atoms with van der Waals surface area (Å²) in [5, 5.41) is 5.19. The Balaban J connectivity index is 1.83. The molecule has 0 aliphatic carbocycles. The third-order valence-electron chi connectivity index (χ3n) is 3.83. The van der Waals surface area contributed by atoms with Crippen LogP contribution in [0.25, 0.3) is 10.8 Å². The van der Waals surface area contributed by atoms with Crippen LogP contribution in [0.2, 0.25) is 0 Å². The van der Waals surface area contributed by atoms with E-state index in [0.29, 0.717) is 6.04 Å². The Hall–Kier alpha value is -1.81. The molecule has 4 heteroatoms. The summed E-state index contributed by atoms with van der Waals surface area (Å²) in [5.41, 5.74) is -0.0199. The molecule has 0 amide bonds. The number of hydrogen-bond acceptors (Lipinski definition) is 3. The van der Waals surface area contributed by atoms with Gasteiger partial charge < -0.3 is 15.2 Å². The van der Waals surface area contributed by atoms with Gasteiger partial charge in [-0.25, -0.2) is 0 Å². The van der Waals surface area contributed by atoms with Gasteiger partial charge in [0.25, 0.3) is 5.56 Å². The Morgan fingerprint density at radius 2 is 2.00 bits per heavy atom. The number of benzene rings is 1. The van der Waals surface area contributed by atoms with E-state index in [1.54, 1.807) is 0 Å². The SMILES string of the molecule is CN1CCC(Nc2cc3ccccc3c(=O)[nH]2)CC1. The summed E-state index contributed by atoms with van der Waals surface area (Å²) < 4.78 is 0. The number of pyridine rings is 1. The number of aromatic amines is 1. The van der Waals surface area contributed by atoms with Gasteiger partial charge in [0.1, 0.15) is 5.82 Å². The molecule has 0 saturated carbocycles. The minimum absolute atomic E-state index is 0.0199. The third-order valence-corrected chi connectivity index (χ3v) is 3.83. The molecule has 0 spiro atoms. The van der Waals surface area contributed by atoms with E-state index in [1.807, 2.05) is 30.3 Å². The predicted molar refractivity (Wildman–Crippen MR) is 78.7 cm³/mol. The second-order valence-corrected chi connectivity index (χ2v) is 5.32. The predicted octanol–water partition coefficient (Wildman–Crippen LogP) is 2.03. The molecular formula is C15H19N3O. The zero-order valence-electron chi connectivity index (χ0n) is 11.1. The van der Waals surface area contributed by atoms with E-state index in [1.165, 1.54) is 0 Å². The molecule has 19 heavy (non-hydrogen) atoms. The van der Waals surface area contributed by atoms with E-state index in [-0.39, 0.29) is 5.56 Å². The second kappa shape index (κ2) is 5.05. The molecule has 0 atom stereocenters. The summed E-state index contributed by atoms with van der Waals surface area (Å²) >= 11 is 0. The molecule has 2 aromatic rings. The number of likely N-dealkylation sites (tertiary alicyclic amines) is 1. The molecule has 1 aromatic heterocycles. The quantitative estimate of drug-likeness (QED) is 0.865. The lowest BCUT2D eigenvalue weighted by Gasteiger charge is -2.30. The number of rotatable bonds is 2.